The zero-order valence-corrected chi connectivity index (χ0v) is 19.0. The maximum Gasteiger partial charge on any atom is 0.175 e. The molecule has 152 valence electrons. The summed E-state index contributed by atoms with van der Waals surface area (Å²) in [4.78, 5) is 0. The molecule has 9 heteroatoms. The Hall–Kier alpha value is -2.68. The van der Waals surface area contributed by atoms with Crippen molar-refractivity contribution in [1.29, 1.82) is 0 Å². The molecule has 2 aromatic carbocycles. The average Bonchev–Trinajstić information content (AvgIpc) is 3.35. The predicted molar refractivity (Wildman–Crippen MR) is 128 cm³/mol. The van der Waals surface area contributed by atoms with Crippen LogP contribution in [-0.2, 0) is 13.1 Å². The molecule has 2 aromatic heterocycles. The molecule has 0 aliphatic heterocycles. The first kappa shape index (κ1) is 20.6. The highest BCUT2D eigenvalue weighted by Gasteiger charge is 2.06. The number of halogens is 2. The van der Waals surface area contributed by atoms with E-state index in [1.165, 1.54) is 5.56 Å². The summed E-state index contributed by atoms with van der Waals surface area (Å²) in [5, 5.41) is 16.2. The van der Waals surface area contributed by atoms with Gasteiger partial charge in [0.05, 0.1) is 36.9 Å². The van der Waals surface area contributed by atoms with Crippen LogP contribution in [0.2, 0.25) is 5.02 Å². The molecule has 30 heavy (non-hydrogen) atoms. The third kappa shape index (κ3) is 5.47. The number of hydrogen-bond acceptors (Lipinski definition) is 3. The number of aromatic nitrogens is 4. The van der Waals surface area contributed by atoms with Crippen molar-refractivity contribution in [1.82, 2.24) is 19.6 Å². The van der Waals surface area contributed by atoms with Gasteiger partial charge in [-0.25, -0.2) is 0 Å². The average molecular weight is 502 g/mol. The lowest BCUT2D eigenvalue weighted by atomic mass is 10.2. The van der Waals surface area contributed by atoms with Gasteiger partial charge in [-0.3, -0.25) is 9.36 Å². The van der Waals surface area contributed by atoms with Crippen molar-refractivity contribution in [3.63, 3.8) is 0 Å². The summed E-state index contributed by atoms with van der Waals surface area (Å²) in [5.41, 5.74) is 3.78. The van der Waals surface area contributed by atoms with Crippen molar-refractivity contribution < 1.29 is 0 Å². The molecule has 0 aliphatic carbocycles. The first-order valence-corrected chi connectivity index (χ1v) is 10.7. The molecule has 2 N–H and O–H groups in total. The summed E-state index contributed by atoms with van der Waals surface area (Å²) in [7, 11) is 0. The fourth-order valence-corrected chi connectivity index (χ4v) is 3.60. The Bertz CT molecular complexity index is 1150. The molecular weight excluding hydrogens is 484 g/mol. The molecule has 0 spiro atoms. The quantitative estimate of drug-likeness (QED) is 0.346. The number of rotatable bonds is 6. The van der Waals surface area contributed by atoms with Crippen molar-refractivity contribution in [3.8, 4) is 0 Å². The summed E-state index contributed by atoms with van der Waals surface area (Å²) in [6.07, 6.45) is 7.26. The summed E-state index contributed by atoms with van der Waals surface area (Å²) < 4.78 is 4.72. The molecule has 6 nitrogen and oxygen atoms in total. The monoisotopic (exact) mass is 500 g/mol. The lowest BCUT2D eigenvalue weighted by Gasteiger charge is -2.07. The summed E-state index contributed by atoms with van der Waals surface area (Å²) in [6, 6.07) is 15.9. The molecule has 0 saturated heterocycles. The number of hydrogen-bond donors (Lipinski definition) is 2. The number of nitrogens with zero attached hydrogens (tertiary/aromatic N) is 4. The first-order valence-electron chi connectivity index (χ1n) is 9.16. The highest BCUT2D eigenvalue weighted by atomic mass is 79.9. The van der Waals surface area contributed by atoms with Crippen molar-refractivity contribution in [2.24, 2.45) is 0 Å². The zero-order chi connectivity index (χ0) is 20.9. The number of thiocarbonyl (C=S) groups is 1. The first-order chi connectivity index (χ1) is 14.5. The van der Waals surface area contributed by atoms with Gasteiger partial charge in [-0.1, -0.05) is 57.9 Å². The molecule has 0 atom stereocenters. The molecule has 0 radical (unpaired) electrons. The van der Waals surface area contributed by atoms with Crippen molar-refractivity contribution in [3.05, 3.63) is 93.9 Å². The van der Waals surface area contributed by atoms with E-state index in [9.17, 15) is 0 Å². The zero-order valence-electron chi connectivity index (χ0n) is 15.8. The standard InChI is InChI=1S/C21H18BrClN6S/c22-17-7-5-15(6-8-17)11-28-13-18(9-24-28)26-21(30)27-19-10-25-29(14-19)12-16-3-1-2-4-20(16)23/h1-10,13-14H,11-12H2,(H2,26,27,30). The fourth-order valence-electron chi connectivity index (χ4n) is 2.90. The predicted octanol–water partition coefficient (Wildman–Crippen LogP) is 5.40. The van der Waals surface area contributed by atoms with Crippen LogP contribution in [0.15, 0.2) is 77.8 Å². The van der Waals surface area contributed by atoms with Crippen LogP contribution in [0.1, 0.15) is 11.1 Å². The van der Waals surface area contributed by atoms with Gasteiger partial charge in [0.25, 0.3) is 0 Å². The van der Waals surface area contributed by atoms with Crippen LogP contribution in [-0.4, -0.2) is 24.7 Å². The van der Waals surface area contributed by atoms with Gasteiger partial charge >= 0.3 is 0 Å². The normalized spacial score (nSPS) is 10.7. The van der Waals surface area contributed by atoms with Crippen LogP contribution in [0, 0.1) is 0 Å². The maximum absolute atomic E-state index is 6.22. The van der Waals surface area contributed by atoms with Gasteiger partial charge in [-0.2, -0.15) is 10.2 Å². The van der Waals surface area contributed by atoms with Crippen LogP contribution < -0.4 is 10.6 Å². The van der Waals surface area contributed by atoms with E-state index >= 15 is 0 Å². The molecule has 0 bridgehead atoms. The Morgan fingerprint density at radius 2 is 1.50 bits per heavy atom. The van der Waals surface area contributed by atoms with E-state index in [1.807, 2.05) is 58.2 Å². The molecule has 0 aliphatic rings. The van der Waals surface area contributed by atoms with E-state index in [1.54, 1.807) is 12.4 Å². The molecular formula is C21H18BrClN6S. The van der Waals surface area contributed by atoms with Gasteiger partial charge in [0.15, 0.2) is 5.11 Å². The van der Waals surface area contributed by atoms with Crippen molar-refractivity contribution in [2.45, 2.75) is 13.1 Å². The SMILES string of the molecule is S=C(Nc1cnn(Cc2ccc(Br)cc2)c1)Nc1cnn(Cc2ccccc2Cl)c1. The summed E-state index contributed by atoms with van der Waals surface area (Å²) in [6.45, 7) is 1.27. The third-order valence-electron chi connectivity index (χ3n) is 4.33. The summed E-state index contributed by atoms with van der Waals surface area (Å²) >= 11 is 15.1. The van der Waals surface area contributed by atoms with Crippen LogP contribution in [0.4, 0.5) is 11.4 Å². The molecule has 0 amide bonds. The van der Waals surface area contributed by atoms with Gasteiger partial charge in [0.2, 0.25) is 0 Å². The Morgan fingerprint density at radius 1 is 0.900 bits per heavy atom. The second-order valence-electron chi connectivity index (χ2n) is 6.65. The lowest BCUT2D eigenvalue weighted by Crippen LogP contribution is -2.18. The van der Waals surface area contributed by atoms with Crippen molar-refractivity contribution >= 4 is 56.2 Å². The molecule has 0 fully saturated rings. The van der Waals surface area contributed by atoms with E-state index in [0.29, 0.717) is 18.2 Å². The van der Waals surface area contributed by atoms with Crippen LogP contribution in [0.25, 0.3) is 0 Å². The van der Waals surface area contributed by atoms with Gasteiger partial charge in [0, 0.05) is 21.9 Å². The Labute approximate surface area is 193 Å². The Morgan fingerprint density at radius 3 is 2.13 bits per heavy atom. The minimum Gasteiger partial charge on any atom is -0.330 e. The van der Waals surface area contributed by atoms with Gasteiger partial charge in [-0.15, -0.1) is 0 Å². The lowest BCUT2D eigenvalue weighted by molar-refractivity contribution is 0.687. The summed E-state index contributed by atoms with van der Waals surface area (Å²) in [5.74, 6) is 0. The van der Waals surface area contributed by atoms with Crippen LogP contribution in [0.5, 0.6) is 0 Å². The van der Waals surface area contributed by atoms with Gasteiger partial charge in [0.1, 0.15) is 0 Å². The van der Waals surface area contributed by atoms with Crippen molar-refractivity contribution in [2.75, 3.05) is 10.6 Å². The van der Waals surface area contributed by atoms with Crippen LogP contribution in [0.3, 0.4) is 0 Å². The number of nitrogens with one attached hydrogen (secondary N) is 2. The highest BCUT2D eigenvalue weighted by molar-refractivity contribution is 9.10. The maximum atomic E-state index is 6.22. The van der Waals surface area contributed by atoms with E-state index in [2.05, 4.69) is 48.9 Å². The molecule has 0 unspecified atom stereocenters. The van der Waals surface area contributed by atoms with Crippen LogP contribution >= 0.6 is 39.7 Å². The molecule has 4 rings (SSSR count). The second-order valence-corrected chi connectivity index (χ2v) is 8.38. The van der Waals surface area contributed by atoms with Gasteiger partial charge < -0.3 is 10.6 Å². The van der Waals surface area contributed by atoms with Gasteiger partial charge in [-0.05, 0) is 41.5 Å². The molecule has 0 saturated carbocycles. The third-order valence-corrected chi connectivity index (χ3v) is 5.43. The molecule has 2 heterocycles. The minimum atomic E-state index is 0.468. The largest absolute Gasteiger partial charge is 0.330 e. The van der Waals surface area contributed by atoms with E-state index < -0.39 is 0 Å². The second kappa shape index (κ2) is 9.42. The number of benzene rings is 2. The smallest absolute Gasteiger partial charge is 0.175 e. The highest BCUT2D eigenvalue weighted by Crippen LogP contribution is 2.17. The van der Waals surface area contributed by atoms with E-state index in [0.717, 1.165) is 26.4 Å². The minimum absolute atomic E-state index is 0.468. The molecule has 4 aromatic rings. The fraction of sp³-hybridized carbons (Fsp3) is 0.0952. The Kier molecular flexibility index (Phi) is 6.47. The van der Waals surface area contributed by atoms with E-state index in [4.69, 9.17) is 23.8 Å². The topological polar surface area (TPSA) is 59.7 Å². The number of anilines is 2. The van der Waals surface area contributed by atoms with E-state index in [-0.39, 0.29) is 0 Å². The Balaban J connectivity index is 1.32.